The average Bonchev–Trinajstić information content (AvgIpc) is 3.71. The molecule has 0 spiro atoms. The van der Waals surface area contributed by atoms with Crippen molar-refractivity contribution in [2.75, 3.05) is 47.5 Å². The zero-order chi connectivity index (χ0) is 33.6. The van der Waals surface area contributed by atoms with E-state index in [1.54, 1.807) is 39.2 Å². The fraction of sp³-hybridized carbons (Fsp3) is 0.316. The largest absolute Gasteiger partial charge is 0.497 e. The first-order valence-corrected chi connectivity index (χ1v) is 16.2. The summed E-state index contributed by atoms with van der Waals surface area (Å²) in [5.74, 6) is 1.98. The fourth-order valence-electron chi connectivity index (χ4n) is 6.54. The molecule has 10 nitrogen and oxygen atoms in total. The lowest BCUT2D eigenvalue weighted by atomic mass is 9.98. The number of carbonyl (C=O) groups is 2. The van der Waals surface area contributed by atoms with Crippen molar-refractivity contribution < 1.29 is 23.8 Å². The summed E-state index contributed by atoms with van der Waals surface area (Å²) in [5.41, 5.74) is 6.50. The number of nitrogens with zero attached hydrogens (tertiary/aromatic N) is 2. The van der Waals surface area contributed by atoms with Gasteiger partial charge in [0.05, 0.1) is 33.9 Å². The molecule has 3 heterocycles. The van der Waals surface area contributed by atoms with E-state index in [-0.39, 0.29) is 24.4 Å². The number of hydrogen-bond acceptors (Lipinski definition) is 6. The number of nitrogens with one attached hydrogen (secondary N) is 3. The molecule has 48 heavy (non-hydrogen) atoms. The van der Waals surface area contributed by atoms with Crippen LogP contribution in [0, 0.1) is 0 Å². The minimum Gasteiger partial charge on any atom is -0.497 e. The van der Waals surface area contributed by atoms with Gasteiger partial charge in [-0.1, -0.05) is 24.3 Å². The summed E-state index contributed by atoms with van der Waals surface area (Å²) in [6.07, 6.45) is 7.65. The summed E-state index contributed by atoms with van der Waals surface area (Å²) in [6, 6.07) is 19.5. The van der Waals surface area contributed by atoms with Gasteiger partial charge in [0.15, 0.2) is 0 Å². The molecule has 0 fully saturated rings. The Bertz CT molecular complexity index is 1920. The summed E-state index contributed by atoms with van der Waals surface area (Å²) < 4.78 is 16.4. The number of hydrogen-bond donors (Lipinski definition) is 3. The van der Waals surface area contributed by atoms with Crippen LogP contribution in [0.25, 0.3) is 27.4 Å². The smallest absolute Gasteiger partial charge is 0.234 e. The molecule has 1 atom stereocenters. The number of ether oxygens (including phenoxy) is 3. The minimum atomic E-state index is -0.315. The van der Waals surface area contributed by atoms with Gasteiger partial charge in [0, 0.05) is 78.9 Å². The van der Waals surface area contributed by atoms with Gasteiger partial charge < -0.3 is 34.4 Å². The van der Waals surface area contributed by atoms with E-state index in [1.165, 1.54) is 11.1 Å². The third kappa shape index (κ3) is 7.50. The maximum Gasteiger partial charge on any atom is 0.234 e. The predicted molar refractivity (Wildman–Crippen MR) is 188 cm³/mol. The molecule has 2 amide bonds. The molecule has 250 valence electrons. The van der Waals surface area contributed by atoms with Crippen molar-refractivity contribution in [2.45, 2.75) is 32.4 Å². The molecular weight excluding hydrogens is 606 g/mol. The highest BCUT2D eigenvalue weighted by Crippen LogP contribution is 2.31. The number of H-pyrrole nitrogens is 2. The quantitative estimate of drug-likeness (QED) is 0.155. The molecule has 1 aliphatic heterocycles. The second-order valence-corrected chi connectivity index (χ2v) is 12.3. The molecule has 0 saturated carbocycles. The van der Waals surface area contributed by atoms with Crippen LogP contribution in [-0.4, -0.2) is 85.1 Å². The monoisotopic (exact) mass is 649 g/mol. The van der Waals surface area contributed by atoms with Crippen LogP contribution in [0.3, 0.4) is 0 Å². The Balaban J connectivity index is 1.17. The second-order valence-electron chi connectivity index (χ2n) is 12.3. The Kier molecular flexibility index (Phi) is 10.0. The molecule has 3 N–H and O–H groups in total. The number of fused-ring (bicyclic) bond motifs is 2. The average molecular weight is 650 g/mol. The van der Waals surface area contributed by atoms with Crippen LogP contribution in [0.1, 0.15) is 30.0 Å². The van der Waals surface area contributed by atoms with E-state index in [0.29, 0.717) is 37.6 Å². The first kappa shape index (κ1) is 32.7. The van der Waals surface area contributed by atoms with Crippen LogP contribution in [0.15, 0.2) is 79.1 Å². The van der Waals surface area contributed by atoms with E-state index in [4.69, 9.17) is 14.2 Å². The van der Waals surface area contributed by atoms with Crippen molar-refractivity contribution in [3.05, 3.63) is 95.8 Å². The zero-order valence-electron chi connectivity index (χ0n) is 28.0. The third-order valence-corrected chi connectivity index (χ3v) is 9.07. The topological polar surface area (TPSA) is 112 Å². The maximum absolute atomic E-state index is 13.6. The molecule has 0 saturated heterocycles. The van der Waals surface area contributed by atoms with Gasteiger partial charge in [0.1, 0.15) is 17.2 Å². The number of rotatable bonds is 13. The summed E-state index contributed by atoms with van der Waals surface area (Å²) in [5, 5.41) is 5.52. The molecule has 0 unspecified atom stereocenters. The van der Waals surface area contributed by atoms with E-state index in [2.05, 4.69) is 44.6 Å². The Hall–Kier alpha value is -5.22. The molecule has 0 bridgehead atoms. The van der Waals surface area contributed by atoms with E-state index >= 15 is 0 Å². The van der Waals surface area contributed by atoms with Crippen LogP contribution in [-0.2, 0) is 22.6 Å². The molecule has 3 aromatic carbocycles. The van der Waals surface area contributed by atoms with Crippen molar-refractivity contribution in [1.82, 2.24) is 25.1 Å². The van der Waals surface area contributed by atoms with Crippen molar-refractivity contribution in [2.24, 2.45) is 0 Å². The Morgan fingerprint density at radius 3 is 2.33 bits per heavy atom. The van der Waals surface area contributed by atoms with Crippen LogP contribution in [0.5, 0.6) is 17.2 Å². The van der Waals surface area contributed by atoms with E-state index in [0.717, 1.165) is 51.6 Å². The molecule has 1 aliphatic rings. The molecule has 0 aliphatic carbocycles. The van der Waals surface area contributed by atoms with E-state index in [9.17, 15) is 9.59 Å². The molecule has 2 aromatic heterocycles. The minimum absolute atomic E-state index is 0.0694. The number of methoxy groups -OCH3 is 3. The highest BCUT2D eigenvalue weighted by atomic mass is 16.5. The lowest BCUT2D eigenvalue weighted by Gasteiger charge is -2.30. The van der Waals surface area contributed by atoms with Gasteiger partial charge in [0.25, 0.3) is 0 Å². The SMILES string of the molecule is COc1cc(CN(C[C@@H](Cc2c[nH]c3ccccc23)NC(=O)CN2CC=C(c3c[nH]c4ccc(OC)cc34)CC2)C(C)=O)cc(OC)c1. The summed E-state index contributed by atoms with van der Waals surface area (Å²) in [6.45, 7) is 3.95. The normalized spacial score (nSPS) is 14.0. The first-order chi connectivity index (χ1) is 23.3. The van der Waals surface area contributed by atoms with Crippen LogP contribution in [0.2, 0.25) is 0 Å². The lowest BCUT2D eigenvalue weighted by molar-refractivity contribution is -0.131. The lowest BCUT2D eigenvalue weighted by Crippen LogP contribution is -2.49. The third-order valence-electron chi connectivity index (χ3n) is 9.07. The highest BCUT2D eigenvalue weighted by molar-refractivity contribution is 5.93. The fourth-order valence-corrected chi connectivity index (χ4v) is 6.54. The summed E-state index contributed by atoms with van der Waals surface area (Å²) in [7, 11) is 4.89. The van der Waals surface area contributed by atoms with Crippen LogP contribution < -0.4 is 19.5 Å². The van der Waals surface area contributed by atoms with Gasteiger partial charge in [0.2, 0.25) is 11.8 Å². The maximum atomic E-state index is 13.6. The van der Waals surface area contributed by atoms with Crippen molar-refractivity contribution in [3.63, 3.8) is 0 Å². The van der Waals surface area contributed by atoms with Gasteiger partial charge in [-0.3, -0.25) is 14.5 Å². The highest BCUT2D eigenvalue weighted by Gasteiger charge is 2.23. The molecule has 0 radical (unpaired) electrons. The molecule has 10 heteroatoms. The summed E-state index contributed by atoms with van der Waals surface area (Å²) in [4.78, 5) is 37.2. The van der Waals surface area contributed by atoms with Gasteiger partial charge >= 0.3 is 0 Å². The van der Waals surface area contributed by atoms with Crippen LogP contribution in [0.4, 0.5) is 0 Å². The number of aromatic amines is 2. The Labute approximate surface area is 280 Å². The van der Waals surface area contributed by atoms with Gasteiger partial charge in [-0.15, -0.1) is 0 Å². The van der Waals surface area contributed by atoms with E-state index < -0.39 is 0 Å². The van der Waals surface area contributed by atoms with Crippen molar-refractivity contribution >= 4 is 39.2 Å². The molecule has 5 aromatic rings. The standard InChI is InChI=1S/C38H43N5O5/c1-25(44)43(22-26-15-31(47-3)18-32(16-26)48-4)23-29(17-28-20-39-36-8-6-5-7-33(28)36)41-38(45)24-42-13-11-27(12-14-42)35-21-40-37-10-9-30(46-2)19-34(35)37/h5-11,15-16,18-21,29,39-40H,12-14,17,22-24H2,1-4H3,(H,41,45)/t29-/m1/s1. The number of aromatic nitrogens is 2. The van der Waals surface area contributed by atoms with E-state index in [1.807, 2.05) is 48.7 Å². The van der Waals surface area contributed by atoms with Crippen LogP contribution >= 0.6 is 0 Å². The predicted octanol–water partition coefficient (Wildman–Crippen LogP) is 5.54. The molecular formula is C38H43N5O5. The second kappa shape index (κ2) is 14.7. The van der Waals surface area contributed by atoms with Gasteiger partial charge in [-0.2, -0.15) is 0 Å². The van der Waals surface area contributed by atoms with Gasteiger partial charge in [-0.25, -0.2) is 0 Å². The number of amides is 2. The number of carbonyl (C=O) groups excluding carboxylic acids is 2. The summed E-state index contributed by atoms with van der Waals surface area (Å²) >= 11 is 0. The zero-order valence-corrected chi connectivity index (χ0v) is 28.0. The number of benzene rings is 3. The van der Waals surface area contributed by atoms with Gasteiger partial charge in [-0.05, 0) is 65.9 Å². The first-order valence-electron chi connectivity index (χ1n) is 16.2. The number of para-hydroxylation sites is 1. The molecule has 6 rings (SSSR count). The Morgan fingerprint density at radius 2 is 1.62 bits per heavy atom. The van der Waals surface area contributed by atoms with Crippen molar-refractivity contribution in [3.8, 4) is 17.2 Å². The Morgan fingerprint density at radius 1 is 0.896 bits per heavy atom. The van der Waals surface area contributed by atoms with Crippen molar-refractivity contribution in [1.29, 1.82) is 0 Å².